The molecule has 0 saturated carbocycles. The number of aryl methyl sites for hydroxylation is 1. The van der Waals surface area contributed by atoms with Gasteiger partial charge in [0.2, 0.25) is 0 Å². The Morgan fingerprint density at radius 2 is 1.92 bits per heavy atom. The average molecular weight is 332 g/mol. The second kappa shape index (κ2) is 10.3. The maximum absolute atomic E-state index is 5.41. The predicted octanol–water partition coefficient (Wildman–Crippen LogP) is 2.02. The Morgan fingerprint density at radius 1 is 1.21 bits per heavy atom. The second-order valence-corrected chi connectivity index (χ2v) is 6.58. The van der Waals surface area contributed by atoms with Crippen molar-refractivity contribution in [3.05, 3.63) is 35.4 Å². The Morgan fingerprint density at radius 3 is 2.58 bits per heavy atom. The first-order chi connectivity index (χ1) is 11.7. The van der Waals surface area contributed by atoms with Crippen LogP contribution in [0.2, 0.25) is 0 Å². The number of guanidine groups is 1. The Labute approximate surface area is 146 Å². The number of benzene rings is 1. The smallest absolute Gasteiger partial charge is 0.191 e. The van der Waals surface area contributed by atoms with Gasteiger partial charge >= 0.3 is 0 Å². The van der Waals surface area contributed by atoms with Gasteiger partial charge in [-0.15, -0.1) is 0 Å². The molecule has 0 spiro atoms. The summed E-state index contributed by atoms with van der Waals surface area (Å²) < 4.78 is 5.41. The summed E-state index contributed by atoms with van der Waals surface area (Å²) in [4.78, 5) is 7.17. The molecule has 1 heterocycles. The van der Waals surface area contributed by atoms with Gasteiger partial charge in [0.15, 0.2) is 5.96 Å². The molecule has 0 radical (unpaired) electrons. The standard InChI is InChI=1S/C19H32N4O/c1-4-20-19(22-14-18-7-5-16(2)6-8-18)21-13-17(3)15-23-9-11-24-12-10-23/h5-8,17H,4,9-15H2,1-3H3,(H2,20,21,22). The molecule has 134 valence electrons. The number of morpholine rings is 1. The lowest BCUT2D eigenvalue weighted by Gasteiger charge is -2.29. The van der Waals surface area contributed by atoms with Crippen molar-refractivity contribution in [1.29, 1.82) is 0 Å². The van der Waals surface area contributed by atoms with E-state index in [1.165, 1.54) is 11.1 Å². The van der Waals surface area contributed by atoms with E-state index in [4.69, 9.17) is 9.73 Å². The summed E-state index contributed by atoms with van der Waals surface area (Å²) in [5, 5.41) is 6.80. The lowest BCUT2D eigenvalue weighted by Crippen LogP contribution is -2.44. The maximum atomic E-state index is 5.41. The van der Waals surface area contributed by atoms with Crippen LogP contribution in [0.5, 0.6) is 0 Å². The zero-order chi connectivity index (χ0) is 17.2. The highest BCUT2D eigenvalue weighted by Gasteiger charge is 2.13. The van der Waals surface area contributed by atoms with Crippen LogP contribution in [0.3, 0.4) is 0 Å². The number of nitrogens with one attached hydrogen (secondary N) is 2. The fraction of sp³-hybridized carbons (Fsp3) is 0.632. The van der Waals surface area contributed by atoms with Crippen molar-refractivity contribution in [2.24, 2.45) is 10.9 Å². The minimum atomic E-state index is 0.575. The van der Waals surface area contributed by atoms with Crippen LogP contribution < -0.4 is 10.6 Å². The molecule has 24 heavy (non-hydrogen) atoms. The minimum Gasteiger partial charge on any atom is -0.379 e. The van der Waals surface area contributed by atoms with Gasteiger partial charge in [-0.05, 0) is 25.3 Å². The molecule has 2 N–H and O–H groups in total. The summed E-state index contributed by atoms with van der Waals surface area (Å²) in [6.45, 7) is 13.9. The third-order valence-corrected chi connectivity index (χ3v) is 4.18. The van der Waals surface area contributed by atoms with E-state index in [-0.39, 0.29) is 0 Å². The summed E-state index contributed by atoms with van der Waals surface area (Å²) in [5.74, 6) is 1.47. The van der Waals surface area contributed by atoms with Crippen molar-refractivity contribution in [2.45, 2.75) is 27.3 Å². The van der Waals surface area contributed by atoms with Gasteiger partial charge in [-0.3, -0.25) is 4.90 Å². The summed E-state index contributed by atoms with van der Waals surface area (Å²) >= 11 is 0. The van der Waals surface area contributed by atoms with Crippen molar-refractivity contribution in [1.82, 2.24) is 15.5 Å². The SMILES string of the molecule is CCNC(=NCc1ccc(C)cc1)NCC(C)CN1CCOCC1. The predicted molar refractivity (Wildman–Crippen MR) is 100 cm³/mol. The van der Waals surface area contributed by atoms with Gasteiger partial charge in [-0.2, -0.15) is 0 Å². The van der Waals surface area contributed by atoms with Crippen LogP contribution in [-0.2, 0) is 11.3 Å². The van der Waals surface area contributed by atoms with Crippen LogP contribution in [0.4, 0.5) is 0 Å². The molecular weight excluding hydrogens is 300 g/mol. The molecule has 0 aromatic heterocycles. The number of aliphatic imine (C=N–C) groups is 1. The molecule has 1 aliphatic rings. The van der Waals surface area contributed by atoms with Crippen molar-refractivity contribution in [3.8, 4) is 0 Å². The van der Waals surface area contributed by atoms with Gasteiger partial charge in [0, 0.05) is 32.7 Å². The summed E-state index contributed by atoms with van der Waals surface area (Å²) in [6, 6.07) is 8.55. The molecule has 1 aromatic rings. The van der Waals surface area contributed by atoms with E-state index >= 15 is 0 Å². The lowest BCUT2D eigenvalue weighted by molar-refractivity contribution is 0.0320. The second-order valence-electron chi connectivity index (χ2n) is 6.58. The third kappa shape index (κ3) is 6.89. The first kappa shape index (κ1) is 18.7. The number of ether oxygens (including phenoxy) is 1. The highest BCUT2D eigenvalue weighted by molar-refractivity contribution is 5.79. The minimum absolute atomic E-state index is 0.575. The molecule has 0 bridgehead atoms. The van der Waals surface area contributed by atoms with E-state index in [9.17, 15) is 0 Å². The fourth-order valence-electron chi connectivity index (χ4n) is 2.77. The van der Waals surface area contributed by atoms with Crippen molar-refractivity contribution in [2.75, 3.05) is 45.9 Å². The van der Waals surface area contributed by atoms with Crippen LogP contribution in [0.25, 0.3) is 0 Å². The fourth-order valence-corrected chi connectivity index (χ4v) is 2.77. The van der Waals surface area contributed by atoms with Crippen LogP contribution in [0.15, 0.2) is 29.3 Å². The quantitative estimate of drug-likeness (QED) is 0.592. The van der Waals surface area contributed by atoms with E-state index in [0.717, 1.165) is 51.9 Å². The number of hydrogen-bond acceptors (Lipinski definition) is 3. The normalized spacial score (nSPS) is 17.5. The van der Waals surface area contributed by atoms with E-state index in [0.29, 0.717) is 12.5 Å². The van der Waals surface area contributed by atoms with Crippen molar-refractivity contribution >= 4 is 5.96 Å². The van der Waals surface area contributed by atoms with Gasteiger partial charge in [0.25, 0.3) is 0 Å². The molecule has 5 nitrogen and oxygen atoms in total. The van der Waals surface area contributed by atoms with E-state index in [2.05, 4.69) is 60.6 Å². The van der Waals surface area contributed by atoms with Gasteiger partial charge in [-0.1, -0.05) is 36.8 Å². The molecule has 1 atom stereocenters. The molecule has 5 heteroatoms. The molecular formula is C19H32N4O. The van der Waals surface area contributed by atoms with Crippen molar-refractivity contribution in [3.63, 3.8) is 0 Å². The van der Waals surface area contributed by atoms with Crippen LogP contribution >= 0.6 is 0 Å². The Bertz CT molecular complexity index is 495. The largest absolute Gasteiger partial charge is 0.379 e. The molecule has 1 unspecified atom stereocenters. The Balaban J connectivity index is 1.78. The van der Waals surface area contributed by atoms with Crippen molar-refractivity contribution < 1.29 is 4.74 Å². The molecule has 2 rings (SSSR count). The van der Waals surface area contributed by atoms with Gasteiger partial charge in [0.05, 0.1) is 19.8 Å². The zero-order valence-corrected chi connectivity index (χ0v) is 15.3. The molecule has 1 aromatic carbocycles. The summed E-state index contributed by atoms with van der Waals surface area (Å²) in [5.41, 5.74) is 2.52. The van der Waals surface area contributed by atoms with E-state index < -0.39 is 0 Å². The molecule has 1 saturated heterocycles. The van der Waals surface area contributed by atoms with Gasteiger partial charge in [-0.25, -0.2) is 4.99 Å². The first-order valence-electron chi connectivity index (χ1n) is 9.05. The number of hydrogen-bond donors (Lipinski definition) is 2. The third-order valence-electron chi connectivity index (χ3n) is 4.18. The topological polar surface area (TPSA) is 48.9 Å². The van der Waals surface area contributed by atoms with E-state index in [1.54, 1.807) is 0 Å². The van der Waals surface area contributed by atoms with Crippen LogP contribution in [-0.4, -0.2) is 56.8 Å². The maximum Gasteiger partial charge on any atom is 0.191 e. The number of rotatable bonds is 7. The van der Waals surface area contributed by atoms with Gasteiger partial charge < -0.3 is 15.4 Å². The van der Waals surface area contributed by atoms with Crippen LogP contribution in [0, 0.1) is 12.8 Å². The monoisotopic (exact) mass is 332 g/mol. The summed E-state index contributed by atoms with van der Waals surface area (Å²) in [6.07, 6.45) is 0. The highest BCUT2D eigenvalue weighted by atomic mass is 16.5. The lowest BCUT2D eigenvalue weighted by atomic mass is 10.1. The molecule has 0 aliphatic carbocycles. The highest BCUT2D eigenvalue weighted by Crippen LogP contribution is 2.05. The van der Waals surface area contributed by atoms with Gasteiger partial charge in [0.1, 0.15) is 0 Å². The Kier molecular flexibility index (Phi) is 8.05. The first-order valence-corrected chi connectivity index (χ1v) is 9.05. The zero-order valence-electron chi connectivity index (χ0n) is 15.3. The summed E-state index contributed by atoms with van der Waals surface area (Å²) in [7, 11) is 0. The molecule has 1 fully saturated rings. The molecule has 0 amide bonds. The van der Waals surface area contributed by atoms with Crippen LogP contribution in [0.1, 0.15) is 25.0 Å². The van der Waals surface area contributed by atoms with E-state index in [1.807, 2.05) is 0 Å². The number of nitrogens with zero attached hydrogens (tertiary/aromatic N) is 2. The average Bonchev–Trinajstić information content (AvgIpc) is 2.59. The Hall–Kier alpha value is -1.59. The molecule has 1 aliphatic heterocycles.